The van der Waals surface area contributed by atoms with Crippen LogP contribution >= 0.6 is 0 Å². The van der Waals surface area contributed by atoms with Crippen LogP contribution in [0.25, 0.3) is 0 Å². The summed E-state index contributed by atoms with van der Waals surface area (Å²) in [6.45, 7) is 6.88. The second-order valence-corrected chi connectivity index (χ2v) is 1.34. The predicted molar refractivity (Wildman–Crippen MR) is 42.7 cm³/mol. The largest absolute Gasteiger partial charge is 0.273 e. The molecule has 2 radical (unpaired) electrons. The van der Waals surface area contributed by atoms with Crippen LogP contribution in [0.15, 0.2) is 42.6 Å². The molecule has 9 heavy (non-hydrogen) atoms. The van der Waals surface area contributed by atoms with Gasteiger partial charge < -0.3 is 0 Å². The maximum atomic E-state index is 5.26. The fraction of sp³-hybridized carbons (Fsp3) is 0. The van der Waals surface area contributed by atoms with Crippen molar-refractivity contribution in [1.29, 1.82) is 0 Å². The first-order chi connectivity index (χ1) is 4.31. The van der Waals surface area contributed by atoms with E-state index < -0.39 is 0 Å². The summed E-state index contributed by atoms with van der Waals surface area (Å²) in [6.07, 6.45) is 6.35. The summed E-state index contributed by atoms with van der Waals surface area (Å²) in [5, 5.41) is 0. The van der Waals surface area contributed by atoms with Gasteiger partial charge in [-0.1, -0.05) is 25.3 Å². The van der Waals surface area contributed by atoms with Crippen LogP contribution in [0.3, 0.4) is 0 Å². The lowest BCUT2D eigenvalue weighted by Gasteiger charge is -1.82. The minimum Gasteiger partial charge on any atom is -0.273 e. The maximum absolute atomic E-state index is 5.26. The highest BCUT2D eigenvalue weighted by Gasteiger charge is 1.72. The van der Waals surface area contributed by atoms with E-state index in [0.717, 1.165) is 0 Å². The third-order valence-corrected chi connectivity index (χ3v) is 0.655. The predicted octanol–water partition coefficient (Wildman–Crippen LogP) is 1.44. The molecule has 0 atom stereocenters. The Kier molecular flexibility index (Phi) is 4.51. The molecule has 0 aromatic rings. The fourth-order valence-electron chi connectivity index (χ4n) is 0.243. The molecule has 0 aromatic heterocycles. The number of aliphatic imine (C=N–C) groups is 1. The molecule has 0 fully saturated rings. The summed E-state index contributed by atoms with van der Waals surface area (Å²) in [6, 6.07) is 0. The highest BCUT2D eigenvalue weighted by Crippen LogP contribution is 1.77. The average molecular weight is 117 g/mol. The van der Waals surface area contributed by atoms with Crippen LogP contribution in [0.4, 0.5) is 0 Å². The SMILES string of the molecule is [B]C(C=C)=N/C=C\C=C. The molecule has 0 spiro atoms. The molecule has 44 valence electrons. The third kappa shape index (κ3) is 4.82. The Morgan fingerprint density at radius 3 is 2.56 bits per heavy atom. The van der Waals surface area contributed by atoms with Crippen LogP contribution in [0.5, 0.6) is 0 Å². The molecule has 0 aliphatic carbocycles. The summed E-state index contributed by atoms with van der Waals surface area (Å²) < 4.78 is 0. The summed E-state index contributed by atoms with van der Waals surface area (Å²) in [5.74, 6) is 0. The number of nitrogens with zero attached hydrogens (tertiary/aromatic N) is 1. The van der Waals surface area contributed by atoms with Gasteiger partial charge in [0.15, 0.2) is 0 Å². The van der Waals surface area contributed by atoms with Crippen LogP contribution in [0.2, 0.25) is 0 Å². The molecule has 0 N–H and O–H groups in total. The number of hydrogen-bond acceptors (Lipinski definition) is 1. The van der Waals surface area contributed by atoms with E-state index in [1.165, 1.54) is 6.08 Å². The topological polar surface area (TPSA) is 12.4 Å². The van der Waals surface area contributed by atoms with Crippen molar-refractivity contribution in [2.45, 2.75) is 0 Å². The third-order valence-electron chi connectivity index (χ3n) is 0.655. The zero-order valence-corrected chi connectivity index (χ0v) is 5.25. The van der Waals surface area contributed by atoms with E-state index in [9.17, 15) is 0 Å². The van der Waals surface area contributed by atoms with E-state index in [-0.39, 0.29) is 0 Å². The Morgan fingerprint density at radius 1 is 1.44 bits per heavy atom. The van der Waals surface area contributed by atoms with Gasteiger partial charge in [0.25, 0.3) is 0 Å². The van der Waals surface area contributed by atoms with Crippen LogP contribution in [0, 0.1) is 0 Å². The van der Waals surface area contributed by atoms with E-state index in [4.69, 9.17) is 7.85 Å². The first-order valence-electron chi connectivity index (χ1n) is 2.54. The van der Waals surface area contributed by atoms with Crippen molar-refractivity contribution >= 4 is 13.5 Å². The number of rotatable bonds is 3. The smallest absolute Gasteiger partial charge is 0.141 e. The van der Waals surface area contributed by atoms with E-state index >= 15 is 0 Å². The molecule has 0 aliphatic heterocycles. The van der Waals surface area contributed by atoms with Gasteiger partial charge >= 0.3 is 0 Å². The van der Waals surface area contributed by atoms with E-state index in [0.29, 0.717) is 5.61 Å². The van der Waals surface area contributed by atoms with Crippen molar-refractivity contribution in [1.82, 2.24) is 0 Å². The average Bonchev–Trinajstić information content (AvgIpc) is 1.89. The van der Waals surface area contributed by atoms with Crippen LogP contribution in [0.1, 0.15) is 0 Å². The molecule has 2 heteroatoms. The highest BCUT2D eigenvalue weighted by molar-refractivity contribution is 6.63. The number of allylic oxidation sites excluding steroid dienone is 3. The van der Waals surface area contributed by atoms with E-state index in [1.807, 2.05) is 0 Å². The van der Waals surface area contributed by atoms with Gasteiger partial charge in [-0.05, 0) is 11.7 Å². The molecule has 0 aliphatic rings. The lowest BCUT2D eigenvalue weighted by Crippen LogP contribution is -1.86. The Hall–Kier alpha value is -1.05. The molecule has 1 nitrogen and oxygen atoms in total. The molecular weight excluding hydrogens is 109 g/mol. The normalized spacial score (nSPS) is 11.8. The van der Waals surface area contributed by atoms with Gasteiger partial charge in [0.05, 0.1) is 0 Å². The van der Waals surface area contributed by atoms with Gasteiger partial charge in [0, 0.05) is 6.20 Å². The van der Waals surface area contributed by atoms with Gasteiger partial charge in [-0.2, -0.15) is 0 Å². The van der Waals surface area contributed by atoms with Crippen LogP contribution < -0.4 is 0 Å². The van der Waals surface area contributed by atoms with Crippen molar-refractivity contribution in [3.05, 3.63) is 37.6 Å². The Labute approximate surface area is 56.9 Å². The monoisotopic (exact) mass is 117 g/mol. The molecule has 0 bridgehead atoms. The van der Waals surface area contributed by atoms with Crippen molar-refractivity contribution in [3.8, 4) is 0 Å². The molecule has 0 rings (SSSR count). The summed E-state index contributed by atoms with van der Waals surface area (Å²) in [4.78, 5) is 3.76. The molecule has 0 amide bonds. The fourth-order valence-corrected chi connectivity index (χ4v) is 0.243. The van der Waals surface area contributed by atoms with Gasteiger partial charge in [-0.25, -0.2) is 0 Å². The lowest BCUT2D eigenvalue weighted by molar-refractivity contribution is 1.59. The highest BCUT2D eigenvalue weighted by atomic mass is 14.7. The summed E-state index contributed by atoms with van der Waals surface area (Å²) in [5.41, 5.74) is 0.410. The second kappa shape index (κ2) is 5.10. The summed E-state index contributed by atoms with van der Waals surface area (Å²) >= 11 is 0. The van der Waals surface area contributed by atoms with Crippen molar-refractivity contribution < 1.29 is 0 Å². The van der Waals surface area contributed by atoms with Crippen molar-refractivity contribution in [2.24, 2.45) is 4.99 Å². The van der Waals surface area contributed by atoms with E-state index in [2.05, 4.69) is 18.2 Å². The Bertz CT molecular complexity index is 156. The van der Waals surface area contributed by atoms with Gasteiger partial charge in [-0.3, -0.25) is 4.99 Å². The molecule has 0 unspecified atom stereocenters. The van der Waals surface area contributed by atoms with E-state index in [1.54, 1.807) is 18.4 Å². The Morgan fingerprint density at radius 2 is 2.11 bits per heavy atom. The lowest BCUT2D eigenvalue weighted by atomic mass is 10.0. The first kappa shape index (κ1) is 7.95. The molecule has 0 aromatic carbocycles. The molecule has 0 saturated carbocycles. The number of hydrogen-bond donors (Lipinski definition) is 0. The van der Waals surface area contributed by atoms with Crippen molar-refractivity contribution in [3.63, 3.8) is 0 Å². The summed E-state index contributed by atoms with van der Waals surface area (Å²) in [7, 11) is 5.26. The molecular formula is C7H8BN. The minimum atomic E-state index is 0.410. The molecule has 0 heterocycles. The second-order valence-electron chi connectivity index (χ2n) is 1.34. The zero-order chi connectivity index (χ0) is 7.11. The van der Waals surface area contributed by atoms with Crippen LogP contribution in [-0.2, 0) is 0 Å². The Balaban J connectivity index is 3.81. The van der Waals surface area contributed by atoms with Gasteiger partial charge in [0.1, 0.15) is 7.85 Å². The van der Waals surface area contributed by atoms with Crippen LogP contribution in [-0.4, -0.2) is 13.5 Å². The first-order valence-corrected chi connectivity index (χ1v) is 2.54. The molecule has 0 saturated heterocycles. The quantitative estimate of drug-likeness (QED) is 0.301. The van der Waals surface area contributed by atoms with Crippen molar-refractivity contribution in [2.75, 3.05) is 0 Å². The zero-order valence-electron chi connectivity index (χ0n) is 5.25. The van der Waals surface area contributed by atoms with Gasteiger partial charge in [0.2, 0.25) is 0 Å². The minimum absolute atomic E-state index is 0.410. The maximum Gasteiger partial charge on any atom is 0.141 e. The van der Waals surface area contributed by atoms with Gasteiger partial charge in [-0.15, -0.1) is 0 Å². The standard InChI is InChI=1S/C7H8BN/c1-3-5-6-9-7(8)4-2/h3-6H,1-2H2/b6-5-,9-7?.